The van der Waals surface area contributed by atoms with E-state index in [-0.39, 0.29) is 13.2 Å². The predicted octanol–water partition coefficient (Wildman–Crippen LogP) is 1.47. The molecule has 4 heteroatoms. The molecular weight excluding hydrogens is 252 g/mol. The normalized spacial score (nSPS) is 27.1. The van der Waals surface area contributed by atoms with Crippen molar-refractivity contribution in [3.63, 3.8) is 0 Å². The summed E-state index contributed by atoms with van der Waals surface area (Å²) in [6, 6.07) is 0.609. The Labute approximate surface area is 124 Å². The van der Waals surface area contributed by atoms with Crippen molar-refractivity contribution in [1.82, 2.24) is 10.2 Å². The van der Waals surface area contributed by atoms with Crippen LogP contribution in [0.5, 0.6) is 0 Å². The molecule has 0 radical (unpaired) electrons. The molecule has 4 nitrogen and oxygen atoms in total. The van der Waals surface area contributed by atoms with Crippen molar-refractivity contribution in [1.29, 1.82) is 0 Å². The lowest BCUT2D eigenvalue weighted by atomic mass is 9.76. The van der Waals surface area contributed by atoms with Crippen LogP contribution in [0.3, 0.4) is 0 Å². The summed E-state index contributed by atoms with van der Waals surface area (Å²) < 4.78 is 0. The van der Waals surface area contributed by atoms with E-state index in [9.17, 15) is 0 Å². The summed E-state index contributed by atoms with van der Waals surface area (Å²) in [5.74, 6) is 1.50. The lowest BCUT2D eigenvalue weighted by Gasteiger charge is -2.39. The molecule has 0 aromatic heterocycles. The second-order valence-electron chi connectivity index (χ2n) is 6.16. The maximum absolute atomic E-state index is 9.16. The van der Waals surface area contributed by atoms with Gasteiger partial charge in [0.05, 0.1) is 13.2 Å². The van der Waals surface area contributed by atoms with Crippen molar-refractivity contribution >= 4 is 0 Å². The highest BCUT2D eigenvalue weighted by atomic mass is 16.3. The Hall–Kier alpha value is -0.160. The number of rotatable bonds is 10. The number of nitrogens with one attached hydrogen (secondary N) is 1. The first-order valence-electron chi connectivity index (χ1n) is 8.42. The largest absolute Gasteiger partial charge is 0.395 e. The third kappa shape index (κ3) is 6.08. The van der Waals surface area contributed by atoms with Gasteiger partial charge in [-0.25, -0.2) is 0 Å². The second kappa shape index (κ2) is 10.6. The number of aliphatic hydroxyl groups excluding tert-OH is 2. The summed E-state index contributed by atoms with van der Waals surface area (Å²) in [5.41, 5.74) is 0. The number of hydrogen-bond acceptors (Lipinski definition) is 4. The third-order valence-corrected chi connectivity index (χ3v) is 4.65. The molecule has 0 heterocycles. The monoisotopic (exact) mass is 286 g/mol. The van der Waals surface area contributed by atoms with E-state index in [1.807, 2.05) is 0 Å². The van der Waals surface area contributed by atoms with Gasteiger partial charge < -0.3 is 15.5 Å². The zero-order valence-corrected chi connectivity index (χ0v) is 13.4. The van der Waals surface area contributed by atoms with Crippen molar-refractivity contribution in [2.45, 2.75) is 52.0 Å². The molecule has 0 aromatic rings. The highest BCUT2D eigenvalue weighted by molar-refractivity contribution is 4.86. The topological polar surface area (TPSA) is 55.7 Å². The first-order valence-corrected chi connectivity index (χ1v) is 8.42. The molecule has 1 saturated carbocycles. The van der Waals surface area contributed by atoms with Crippen molar-refractivity contribution in [3.05, 3.63) is 0 Å². The summed E-state index contributed by atoms with van der Waals surface area (Å²) in [5, 5.41) is 22.0. The molecule has 0 bridgehead atoms. The van der Waals surface area contributed by atoms with E-state index in [0.717, 1.165) is 19.0 Å². The highest BCUT2D eigenvalue weighted by Crippen LogP contribution is 2.32. The van der Waals surface area contributed by atoms with Gasteiger partial charge in [0.2, 0.25) is 0 Å². The SMILES string of the molecule is CCCNC1CCC(CC)CC1CN(CCO)CCO. The highest BCUT2D eigenvalue weighted by Gasteiger charge is 2.30. The summed E-state index contributed by atoms with van der Waals surface area (Å²) in [7, 11) is 0. The molecule has 1 fully saturated rings. The minimum atomic E-state index is 0.178. The molecule has 1 aliphatic rings. The van der Waals surface area contributed by atoms with Crippen LogP contribution in [-0.4, -0.2) is 60.5 Å². The van der Waals surface area contributed by atoms with Crippen LogP contribution in [-0.2, 0) is 0 Å². The van der Waals surface area contributed by atoms with Gasteiger partial charge in [0, 0.05) is 25.7 Å². The minimum Gasteiger partial charge on any atom is -0.395 e. The molecule has 3 unspecified atom stereocenters. The van der Waals surface area contributed by atoms with Gasteiger partial charge >= 0.3 is 0 Å². The van der Waals surface area contributed by atoms with Crippen LogP contribution in [0.1, 0.15) is 46.0 Å². The lowest BCUT2D eigenvalue weighted by Crippen LogP contribution is -2.47. The van der Waals surface area contributed by atoms with Gasteiger partial charge in [0.1, 0.15) is 0 Å². The summed E-state index contributed by atoms with van der Waals surface area (Å²) in [6.07, 6.45) is 6.35. The lowest BCUT2D eigenvalue weighted by molar-refractivity contribution is 0.105. The third-order valence-electron chi connectivity index (χ3n) is 4.65. The fourth-order valence-corrected chi connectivity index (χ4v) is 3.44. The molecule has 3 N–H and O–H groups in total. The van der Waals surface area contributed by atoms with E-state index in [1.165, 1.54) is 32.1 Å². The van der Waals surface area contributed by atoms with Gasteiger partial charge in [-0.05, 0) is 44.1 Å². The molecule has 0 aliphatic heterocycles. The van der Waals surface area contributed by atoms with E-state index in [2.05, 4.69) is 24.1 Å². The van der Waals surface area contributed by atoms with Crippen molar-refractivity contribution < 1.29 is 10.2 Å². The average molecular weight is 286 g/mol. The van der Waals surface area contributed by atoms with Crippen molar-refractivity contribution in [3.8, 4) is 0 Å². The van der Waals surface area contributed by atoms with Gasteiger partial charge in [-0.1, -0.05) is 20.3 Å². The van der Waals surface area contributed by atoms with Crippen molar-refractivity contribution in [2.24, 2.45) is 11.8 Å². The number of hydrogen-bond donors (Lipinski definition) is 3. The van der Waals surface area contributed by atoms with E-state index in [1.54, 1.807) is 0 Å². The fourth-order valence-electron chi connectivity index (χ4n) is 3.44. The van der Waals surface area contributed by atoms with Gasteiger partial charge in [0.25, 0.3) is 0 Å². The molecular formula is C16H34N2O2. The minimum absolute atomic E-state index is 0.178. The van der Waals surface area contributed by atoms with Crippen LogP contribution in [0.25, 0.3) is 0 Å². The Morgan fingerprint density at radius 1 is 1.10 bits per heavy atom. The van der Waals surface area contributed by atoms with Gasteiger partial charge in [-0.15, -0.1) is 0 Å². The average Bonchev–Trinajstić information content (AvgIpc) is 2.46. The first kappa shape index (κ1) is 17.9. The van der Waals surface area contributed by atoms with Crippen LogP contribution in [0.2, 0.25) is 0 Å². The van der Waals surface area contributed by atoms with E-state index < -0.39 is 0 Å². The fraction of sp³-hybridized carbons (Fsp3) is 1.00. The molecule has 0 spiro atoms. The number of nitrogens with zero attached hydrogens (tertiary/aromatic N) is 1. The molecule has 20 heavy (non-hydrogen) atoms. The predicted molar refractivity (Wildman–Crippen MR) is 83.8 cm³/mol. The molecule has 0 aromatic carbocycles. The van der Waals surface area contributed by atoms with Crippen LogP contribution in [0, 0.1) is 11.8 Å². The quantitative estimate of drug-likeness (QED) is 0.569. The standard InChI is InChI=1S/C16H34N2O2/c1-3-7-17-16-6-5-14(4-2)12-15(16)13-18(8-10-19)9-11-20/h14-17,19-20H,3-13H2,1-2H3. The van der Waals surface area contributed by atoms with E-state index in [0.29, 0.717) is 25.0 Å². The summed E-state index contributed by atoms with van der Waals surface area (Å²) in [6.45, 7) is 8.30. The smallest absolute Gasteiger partial charge is 0.0558 e. The first-order chi connectivity index (χ1) is 9.74. The zero-order valence-electron chi connectivity index (χ0n) is 13.4. The summed E-state index contributed by atoms with van der Waals surface area (Å²) >= 11 is 0. The molecule has 0 saturated heterocycles. The summed E-state index contributed by atoms with van der Waals surface area (Å²) in [4.78, 5) is 2.21. The Morgan fingerprint density at radius 3 is 2.35 bits per heavy atom. The second-order valence-corrected chi connectivity index (χ2v) is 6.16. The maximum Gasteiger partial charge on any atom is 0.0558 e. The van der Waals surface area contributed by atoms with Crippen LogP contribution < -0.4 is 5.32 Å². The number of aliphatic hydroxyl groups is 2. The molecule has 1 rings (SSSR count). The van der Waals surface area contributed by atoms with Crippen molar-refractivity contribution in [2.75, 3.05) is 39.4 Å². The molecule has 0 amide bonds. The van der Waals surface area contributed by atoms with Gasteiger partial charge in [-0.2, -0.15) is 0 Å². The maximum atomic E-state index is 9.16. The Kier molecular flexibility index (Phi) is 9.44. The Bertz CT molecular complexity index is 233. The van der Waals surface area contributed by atoms with Gasteiger partial charge in [-0.3, -0.25) is 4.90 Å². The van der Waals surface area contributed by atoms with E-state index >= 15 is 0 Å². The molecule has 120 valence electrons. The van der Waals surface area contributed by atoms with Crippen LogP contribution in [0.4, 0.5) is 0 Å². The molecule has 3 atom stereocenters. The zero-order chi connectivity index (χ0) is 14.8. The Morgan fingerprint density at radius 2 is 1.80 bits per heavy atom. The van der Waals surface area contributed by atoms with Crippen LogP contribution in [0.15, 0.2) is 0 Å². The van der Waals surface area contributed by atoms with Crippen LogP contribution >= 0.6 is 0 Å². The van der Waals surface area contributed by atoms with Gasteiger partial charge in [0.15, 0.2) is 0 Å². The van der Waals surface area contributed by atoms with E-state index in [4.69, 9.17) is 10.2 Å². The molecule has 1 aliphatic carbocycles. The Balaban J connectivity index is 2.56.